The highest BCUT2D eigenvalue weighted by Crippen LogP contribution is 2.59. The van der Waals surface area contributed by atoms with Gasteiger partial charge in [0.2, 0.25) is 0 Å². The normalized spacial score (nSPS) is 26.5. The Bertz CT molecular complexity index is 1200. The quantitative estimate of drug-likeness (QED) is 0.367. The number of hydrogen-bond acceptors (Lipinski definition) is 4. The lowest BCUT2D eigenvalue weighted by molar-refractivity contribution is -0.122. The van der Waals surface area contributed by atoms with Crippen LogP contribution in [0.5, 0.6) is 0 Å². The molecule has 3 unspecified atom stereocenters. The minimum atomic E-state index is -0.933. The molecule has 0 bridgehead atoms. The van der Waals surface area contributed by atoms with E-state index in [0.29, 0.717) is 40.9 Å². The summed E-state index contributed by atoms with van der Waals surface area (Å²) in [5, 5.41) is 3.51. The average molecular weight is 490 g/mol. The molecule has 2 aliphatic rings. The highest BCUT2D eigenvalue weighted by Gasteiger charge is 2.56. The molecule has 5 heteroatoms. The van der Waals surface area contributed by atoms with Crippen LogP contribution in [0.15, 0.2) is 65.8 Å². The van der Waals surface area contributed by atoms with E-state index < -0.39 is 10.8 Å². The van der Waals surface area contributed by atoms with Crippen LogP contribution in [0.2, 0.25) is 0 Å². The van der Waals surface area contributed by atoms with Crippen molar-refractivity contribution in [1.82, 2.24) is 5.32 Å². The molecule has 1 aliphatic carbocycles. The average Bonchev–Trinajstić information content (AvgIpc) is 2.91. The molecule has 3 atom stereocenters. The fourth-order valence-electron chi connectivity index (χ4n) is 6.31. The van der Waals surface area contributed by atoms with Gasteiger partial charge in [-0.05, 0) is 80.5 Å². The molecule has 1 N–H and O–H groups in total. The topological polar surface area (TPSA) is 55.4 Å². The molecule has 190 valence electrons. The van der Waals surface area contributed by atoms with Crippen LogP contribution in [-0.2, 0) is 9.53 Å². The van der Waals surface area contributed by atoms with Gasteiger partial charge in [0.15, 0.2) is 5.78 Å². The second kappa shape index (κ2) is 10.6. The van der Waals surface area contributed by atoms with Crippen LogP contribution in [0.3, 0.4) is 0 Å². The lowest BCUT2D eigenvalue weighted by Crippen LogP contribution is -2.53. The number of Topliss-reactive ketones (excluding diaryl/α,β-unsaturated/α-hetero) is 1. The van der Waals surface area contributed by atoms with Gasteiger partial charge in [0.05, 0.1) is 5.41 Å². The first-order valence-electron chi connectivity index (χ1n) is 12.8. The number of benzene rings is 2. The molecule has 2 aromatic carbocycles. The number of carbonyl (C=O) groups excluding carboxylic acids is 2. The summed E-state index contributed by atoms with van der Waals surface area (Å²) in [5.74, 6) is -0.304. The van der Waals surface area contributed by atoms with Gasteiger partial charge in [0.1, 0.15) is 12.1 Å². The van der Waals surface area contributed by atoms with E-state index in [9.17, 15) is 14.0 Å². The summed E-state index contributed by atoms with van der Waals surface area (Å²) in [6.07, 6.45) is 5.59. The predicted octanol–water partition coefficient (Wildman–Crippen LogP) is 5.96. The van der Waals surface area contributed by atoms with Crippen molar-refractivity contribution in [3.8, 4) is 0 Å². The Morgan fingerprint density at radius 1 is 1.17 bits per heavy atom. The molecule has 1 saturated heterocycles. The van der Waals surface area contributed by atoms with E-state index in [1.54, 1.807) is 32.2 Å². The van der Waals surface area contributed by atoms with Crippen LogP contribution in [0.1, 0.15) is 54.6 Å². The van der Waals surface area contributed by atoms with Crippen molar-refractivity contribution in [2.24, 2.45) is 16.7 Å². The van der Waals surface area contributed by atoms with Crippen molar-refractivity contribution in [3.63, 3.8) is 0 Å². The minimum absolute atomic E-state index is 0.157. The zero-order chi connectivity index (χ0) is 25.9. The second-order valence-corrected chi connectivity index (χ2v) is 10.3. The van der Waals surface area contributed by atoms with Crippen LogP contribution in [-0.4, -0.2) is 38.9 Å². The number of ketones is 1. The van der Waals surface area contributed by atoms with Gasteiger partial charge in [-0.2, -0.15) is 0 Å². The van der Waals surface area contributed by atoms with Gasteiger partial charge in [-0.15, -0.1) is 0 Å². The Morgan fingerprint density at radius 2 is 1.92 bits per heavy atom. The zero-order valence-electron chi connectivity index (χ0n) is 21.7. The Hall–Kier alpha value is -2.89. The summed E-state index contributed by atoms with van der Waals surface area (Å²) < 4.78 is 20.3. The third-order valence-electron chi connectivity index (χ3n) is 8.59. The number of carbonyl (C=O) groups is 2. The molecule has 4 nitrogen and oxygen atoms in total. The van der Waals surface area contributed by atoms with Gasteiger partial charge >= 0.3 is 0 Å². The van der Waals surface area contributed by atoms with Crippen LogP contribution >= 0.6 is 0 Å². The van der Waals surface area contributed by atoms with E-state index in [1.807, 2.05) is 31.2 Å². The third kappa shape index (κ3) is 4.29. The van der Waals surface area contributed by atoms with E-state index in [0.717, 1.165) is 37.8 Å². The summed E-state index contributed by atoms with van der Waals surface area (Å²) in [7, 11) is 1.63. The molecule has 0 aromatic heterocycles. The number of hydrogen-bond donors (Lipinski definition) is 1. The Labute approximate surface area is 213 Å². The monoisotopic (exact) mass is 489 g/mol. The summed E-state index contributed by atoms with van der Waals surface area (Å²) in [5.41, 5.74) is 2.13. The Kier molecular flexibility index (Phi) is 7.72. The lowest BCUT2D eigenvalue weighted by atomic mass is 9.49. The number of nitrogens with one attached hydrogen (secondary N) is 1. The zero-order valence-corrected chi connectivity index (χ0v) is 21.7. The number of halogens is 1. The van der Waals surface area contributed by atoms with E-state index in [4.69, 9.17) is 4.74 Å². The van der Waals surface area contributed by atoms with Gasteiger partial charge in [-0.25, -0.2) is 4.39 Å². The molecular formula is C31H36FNO3. The van der Waals surface area contributed by atoms with Gasteiger partial charge in [0.25, 0.3) is 0 Å². The van der Waals surface area contributed by atoms with Crippen molar-refractivity contribution < 1.29 is 18.7 Å². The van der Waals surface area contributed by atoms with Gasteiger partial charge < -0.3 is 14.8 Å². The first-order valence-corrected chi connectivity index (χ1v) is 12.8. The minimum Gasteiger partial charge on any atom is -0.385 e. The molecular weight excluding hydrogens is 453 g/mol. The molecule has 0 amide bonds. The molecule has 0 spiro atoms. The molecule has 1 fully saturated rings. The number of rotatable bonds is 8. The highest BCUT2D eigenvalue weighted by molar-refractivity contribution is 6.20. The summed E-state index contributed by atoms with van der Waals surface area (Å²) in [4.78, 5) is 27.3. The molecule has 0 saturated carbocycles. The van der Waals surface area contributed by atoms with E-state index >= 15 is 0 Å². The first-order chi connectivity index (χ1) is 17.3. The fraction of sp³-hybridized carbons (Fsp3) is 0.419. The number of allylic oxidation sites excluding steroid dienone is 4. The number of ether oxygens (including phenoxy) is 1. The molecule has 1 aliphatic heterocycles. The lowest BCUT2D eigenvalue weighted by Gasteiger charge is -2.53. The fourth-order valence-corrected chi connectivity index (χ4v) is 6.31. The van der Waals surface area contributed by atoms with E-state index in [2.05, 4.69) is 18.3 Å². The predicted molar refractivity (Wildman–Crippen MR) is 141 cm³/mol. The number of piperidine rings is 1. The van der Waals surface area contributed by atoms with Crippen molar-refractivity contribution in [2.45, 2.75) is 40.0 Å². The maximum Gasteiger partial charge on any atom is 0.193 e. The molecule has 4 rings (SSSR count). The smallest absolute Gasteiger partial charge is 0.193 e. The van der Waals surface area contributed by atoms with Gasteiger partial charge in [-0.3, -0.25) is 4.79 Å². The maximum atomic E-state index is 14.8. The molecule has 2 aromatic rings. The summed E-state index contributed by atoms with van der Waals surface area (Å²) in [6.45, 7) is 7.91. The third-order valence-corrected chi connectivity index (χ3v) is 8.59. The van der Waals surface area contributed by atoms with Crippen molar-refractivity contribution in [3.05, 3.63) is 88.3 Å². The van der Waals surface area contributed by atoms with Crippen LogP contribution < -0.4 is 5.32 Å². The van der Waals surface area contributed by atoms with E-state index in [1.165, 1.54) is 6.07 Å². The SMILES string of the molecule is COCCC1(C=O)C(C)=C(C(=O)c2ccccc2)C(c2cccc(F)c2C)=CC1(C)C1CCCNC1. The maximum absolute atomic E-state index is 14.8. The van der Waals surface area contributed by atoms with Crippen molar-refractivity contribution in [1.29, 1.82) is 0 Å². The second-order valence-electron chi connectivity index (χ2n) is 10.3. The number of aldehydes is 1. The van der Waals surface area contributed by atoms with Crippen LogP contribution in [0.25, 0.3) is 5.57 Å². The highest BCUT2D eigenvalue weighted by atomic mass is 19.1. The van der Waals surface area contributed by atoms with Crippen LogP contribution in [0.4, 0.5) is 4.39 Å². The Balaban J connectivity index is 2.04. The van der Waals surface area contributed by atoms with E-state index in [-0.39, 0.29) is 17.5 Å². The van der Waals surface area contributed by atoms with Gasteiger partial charge in [-0.1, -0.05) is 55.5 Å². The molecule has 36 heavy (non-hydrogen) atoms. The standard InChI is InChI=1S/C31H36FNO3/c1-21-25(13-8-14-27(21)32)26-18-30(3,24-12-9-16-33-19-24)31(20-34,15-17-36-4)22(2)28(26)29(35)23-10-6-5-7-11-23/h5-8,10-11,13-14,18,20,24,33H,9,12,15-17,19H2,1-4H3. The van der Waals surface area contributed by atoms with Crippen molar-refractivity contribution in [2.75, 3.05) is 26.8 Å². The molecule has 0 radical (unpaired) electrons. The first kappa shape index (κ1) is 26.2. The summed E-state index contributed by atoms with van der Waals surface area (Å²) in [6, 6.07) is 14.1. The summed E-state index contributed by atoms with van der Waals surface area (Å²) >= 11 is 0. The van der Waals surface area contributed by atoms with Crippen molar-refractivity contribution >= 4 is 17.6 Å². The largest absolute Gasteiger partial charge is 0.385 e. The Morgan fingerprint density at radius 3 is 2.56 bits per heavy atom. The van der Waals surface area contributed by atoms with Gasteiger partial charge in [0, 0.05) is 30.3 Å². The number of methoxy groups -OCH3 is 1. The van der Waals surface area contributed by atoms with Crippen LogP contribution in [0, 0.1) is 29.5 Å². The molecule has 1 heterocycles.